The normalized spacial score (nSPS) is 16.1. The van der Waals surface area contributed by atoms with Crippen LogP contribution in [0.15, 0.2) is 60.3 Å². The Hall–Kier alpha value is -2.18. The lowest BCUT2D eigenvalue weighted by atomic mass is 9.96. The molecule has 1 atom stereocenters. The second-order valence-electron chi connectivity index (χ2n) is 7.58. The number of fused-ring (bicyclic) bond motifs is 1. The fraction of sp³-hybridized carbons (Fsp3) is 0.261. The Morgan fingerprint density at radius 2 is 2.03 bits per heavy atom. The number of methoxy groups -OCH3 is 1. The van der Waals surface area contributed by atoms with E-state index in [9.17, 15) is 9.59 Å². The Balaban J connectivity index is 1.93. The summed E-state index contributed by atoms with van der Waals surface area (Å²) in [6.45, 7) is 5.33. The summed E-state index contributed by atoms with van der Waals surface area (Å²) >= 11 is 6.74. The molecule has 0 spiro atoms. The molecule has 3 heterocycles. The van der Waals surface area contributed by atoms with Crippen LogP contribution in [0.1, 0.15) is 38.1 Å². The van der Waals surface area contributed by atoms with E-state index >= 15 is 0 Å². The van der Waals surface area contributed by atoms with Crippen molar-refractivity contribution in [3.8, 4) is 5.75 Å². The third-order valence-electron chi connectivity index (χ3n) is 4.95. The number of carbonyl (C=O) groups excluding carboxylic acids is 1. The molecule has 0 unspecified atom stereocenters. The molecule has 10 heteroatoms. The van der Waals surface area contributed by atoms with Crippen molar-refractivity contribution in [1.29, 1.82) is 0 Å². The minimum absolute atomic E-state index is 0.260. The van der Waals surface area contributed by atoms with E-state index in [-0.39, 0.29) is 11.7 Å². The van der Waals surface area contributed by atoms with Gasteiger partial charge in [0.05, 0.1) is 39.5 Å². The minimum atomic E-state index is -0.677. The molecule has 1 aliphatic rings. The van der Waals surface area contributed by atoms with Gasteiger partial charge in [-0.25, -0.2) is 9.79 Å². The van der Waals surface area contributed by atoms with Crippen molar-refractivity contribution in [2.24, 2.45) is 4.99 Å². The van der Waals surface area contributed by atoms with Gasteiger partial charge < -0.3 is 13.9 Å². The number of esters is 1. The van der Waals surface area contributed by atoms with Gasteiger partial charge >= 0.3 is 5.97 Å². The number of ether oxygens (including phenoxy) is 2. The summed E-state index contributed by atoms with van der Waals surface area (Å²) in [7, 11) is 1.59. The average molecular weight is 643 g/mol. The molecule has 0 saturated heterocycles. The van der Waals surface area contributed by atoms with Crippen LogP contribution in [0.4, 0.5) is 0 Å². The quantitative estimate of drug-likeness (QED) is 0.309. The van der Waals surface area contributed by atoms with Crippen LogP contribution >= 0.6 is 49.9 Å². The molecule has 0 aliphatic carbocycles. The highest BCUT2D eigenvalue weighted by molar-refractivity contribution is 14.1. The first-order chi connectivity index (χ1) is 15.7. The summed E-state index contributed by atoms with van der Waals surface area (Å²) in [5.41, 5.74) is 1.35. The summed E-state index contributed by atoms with van der Waals surface area (Å²) in [6.07, 6.45) is 1.38. The van der Waals surface area contributed by atoms with E-state index in [0.29, 0.717) is 35.9 Å². The molecule has 1 aromatic carbocycles. The lowest BCUT2D eigenvalue weighted by molar-refractivity contribution is -0.143. The average Bonchev–Trinajstić information content (AvgIpc) is 3.24. The summed E-state index contributed by atoms with van der Waals surface area (Å²) in [5.74, 6) is 0.731. The van der Waals surface area contributed by atoms with E-state index in [1.165, 1.54) is 11.3 Å². The molecule has 0 amide bonds. The number of furan rings is 1. The maximum absolute atomic E-state index is 13.5. The number of nitrogens with zero attached hydrogens (tertiary/aromatic N) is 2. The van der Waals surface area contributed by atoms with Gasteiger partial charge in [-0.1, -0.05) is 23.5 Å². The predicted molar refractivity (Wildman–Crippen MR) is 137 cm³/mol. The molecular weight excluding hydrogens is 623 g/mol. The van der Waals surface area contributed by atoms with Crippen LogP contribution in [0.2, 0.25) is 0 Å². The van der Waals surface area contributed by atoms with Crippen molar-refractivity contribution in [3.63, 3.8) is 0 Å². The smallest absolute Gasteiger partial charge is 0.338 e. The van der Waals surface area contributed by atoms with Crippen LogP contribution in [0.25, 0.3) is 6.08 Å². The van der Waals surface area contributed by atoms with Crippen LogP contribution in [0.3, 0.4) is 0 Å². The number of allylic oxidation sites excluding steroid dienone is 1. The van der Waals surface area contributed by atoms with Crippen molar-refractivity contribution in [1.82, 2.24) is 4.57 Å². The van der Waals surface area contributed by atoms with Crippen LogP contribution in [-0.2, 0) is 9.53 Å². The Morgan fingerprint density at radius 1 is 1.33 bits per heavy atom. The molecule has 0 saturated carbocycles. The summed E-state index contributed by atoms with van der Waals surface area (Å²) in [5, 5.41) is 0. The lowest BCUT2D eigenvalue weighted by Gasteiger charge is -2.25. The van der Waals surface area contributed by atoms with Gasteiger partial charge in [-0.05, 0) is 60.5 Å². The number of benzene rings is 1. The topological polar surface area (TPSA) is 83.0 Å². The Morgan fingerprint density at radius 3 is 2.61 bits per heavy atom. The molecule has 2 aromatic heterocycles. The zero-order valence-corrected chi connectivity index (χ0v) is 22.8. The van der Waals surface area contributed by atoms with Gasteiger partial charge in [-0.15, -0.1) is 0 Å². The Labute approximate surface area is 215 Å². The predicted octanol–water partition coefficient (Wildman–Crippen LogP) is 4.16. The number of thiazole rings is 1. The van der Waals surface area contributed by atoms with Crippen LogP contribution in [0.5, 0.6) is 5.75 Å². The number of hydrogen-bond donors (Lipinski definition) is 0. The van der Waals surface area contributed by atoms with Gasteiger partial charge in [-0.3, -0.25) is 9.36 Å². The largest absolute Gasteiger partial charge is 0.497 e. The number of hydrogen-bond acceptors (Lipinski definition) is 7. The van der Waals surface area contributed by atoms with Gasteiger partial charge in [-0.2, -0.15) is 0 Å². The number of halogens is 2. The van der Waals surface area contributed by atoms with Crippen molar-refractivity contribution < 1.29 is 18.7 Å². The first-order valence-electron chi connectivity index (χ1n) is 10.0. The van der Waals surface area contributed by atoms with Crippen LogP contribution in [0, 0.1) is 3.77 Å². The molecular formula is C23H20BrIN2O5S. The minimum Gasteiger partial charge on any atom is -0.497 e. The van der Waals surface area contributed by atoms with Crippen molar-refractivity contribution in [2.45, 2.75) is 32.9 Å². The van der Waals surface area contributed by atoms with Crippen LogP contribution < -0.4 is 19.6 Å². The second-order valence-corrected chi connectivity index (χ2v) is 10.4. The van der Waals surface area contributed by atoms with E-state index in [1.807, 2.05) is 12.1 Å². The molecule has 7 nitrogen and oxygen atoms in total. The van der Waals surface area contributed by atoms with Crippen molar-refractivity contribution in [2.75, 3.05) is 7.11 Å². The van der Waals surface area contributed by atoms with E-state index in [1.54, 1.807) is 56.7 Å². The number of aromatic nitrogens is 1. The van der Waals surface area contributed by atoms with Crippen molar-refractivity contribution in [3.05, 3.63) is 80.9 Å². The third-order valence-corrected chi connectivity index (χ3v) is 8.07. The molecule has 0 bridgehead atoms. The second kappa shape index (κ2) is 9.59. The molecule has 33 heavy (non-hydrogen) atoms. The van der Waals surface area contributed by atoms with Gasteiger partial charge in [0.15, 0.2) is 8.57 Å². The highest BCUT2D eigenvalue weighted by Gasteiger charge is 2.33. The van der Waals surface area contributed by atoms with Gasteiger partial charge in [0, 0.05) is 28.7 Å². The maximum Gasteiger partial charge on any atom is 0.338 e. The fourth-order valence-electron chi connectivity index (χ4n) is 3.53. The van der Waals surface area contributed by atoms with Crippen LogP contribution in [-0.4, -0.2) is 23.8 Å². The molecule has 0 N–H and O–H groups in total. The molecule has 0 radical (unpaired) electrons. The number of rotatable bonds is 5. The maximum atomic E-state index is 13.5. The molecule has 1 aliphatic heterocycles. The monoisotopic (exact) mass is 642 g/mol. The van der Waals surface area contributed by atoms with E-state index in [0.717, 1.165) is 10.0 Å². The standard InChI is InChI=1S/C23H20BrIN2O5S/c1-11(2)31-22(29)18-12(3)26-23-27(19(18)13-5-7-14(30-4)8-6-13)21(28)17(33-23)10-15-9-16(24)20(25)32-15/h5-11,19H,1-4H3/b17-10+/t19-/m0/s1. The van der Waals surface area contributed by atoms with E-state index < -0.39 is 12.0 Å². The Bertz CT molecular complexity index is 1410. The summed E-state index contributed by atoms with van der Waals surface area (Å²) in [4.78, 5) is 31.7. The zero-order chi connectivity index (χ0) is 23.9. The highest BCUT2D eigenvalue weighted by Crippen LogP contribution is 2.32. The molecule has 4 rings (SSSR count). The highest BCUT2D eigenvalue weighted by atomic mass is 127. The fourth-order valence-corrected chi connectivity index (χ4v) is 5.27. The Kier molecular flexibility index (Phi) is 6.96. The van der Waals surface area contributed by atoms with E-state index in [4.69, 9.17) is 13.9 Å². The zero-order valence-electron chi connectivity index (χ0n) is 18.2. The molecule has 3 aromatic rings. The first-order valence-corrected chi connectivity index (χ1v) is 12.7. The van der Waals surface area contributed by atoms with Gasteiger partial charge in [0.2, 0.25) is 0 Å². The van der Waals surface area contributed by atoms with Gasteiger partial charge in [0.25, 0.3) is 5.56 Å². The van der Waals surface area contributed by atoms with Crippen molar-refractivity contribution >= 4 is 61.9 Å². The summed E-state index contributed by atoms with van der Waals surface area (Å²) < 4.78 is 20.0. The first kappa shape index (κ1) is 24.0. The molecule has 0 fully saturated rings. The lowest BCUT2D eigenvalue weighted by Crippen LogP contribution is -2.40. The third kappa shape index (κ3) is 4.73. The SMILES string of the molecule is COc1ccc([C@H]2C(C(=O)OC(C)C)=C(C)N=c3s/c(=C/c4cc(Br)c(I)o4)c(=O)n32)cc1. The van der Waals surface area contributed by atoms with E-state index in [2.05, 4.69) is 43.5 Å². The number of carbonyl (C=O) groups is 1. The van der Waals surface area contributed by atoms with Gasteiger partial charge in [0.1, 0.15) is 11.5 Å². The summed E-state index contributed by atoms with van der Waals surface area (Å²) in [6, 6.07) is 8.41. The molecule has 172 valence electrons.